The van der Waals surface area contributed by atoms with Gasteiger partial charge in [-0.25, -0.2) is 0 Å². The topological polar surface area (TPSA) is 23.5 Å². The molecular formula is C15H21NO. The Morgan fingerprint density at radius 1 is 1.24 bits per heavy atom. The number of rotatable bonds is 1. The molecule has 2 aliphatic rings. The molecule has 1 aromatic carbocycles. The van der Waals surface area contributed by atoms with Crippen molar-refractivity contribution >= 4 is 0 Å². The quantitative estimate of drug-likeness (QED) is 0.801. The molecule has 1 aromatic rings. The highest BCUT2D eigenvalue weighted by Crippen LogP contribution is 2.42. The molecule has 2 heteroatoms. The van der Waals surface area contributed by atoms with E-state index < -0.39 is 5.60 Å². The molecule has 1 N–H and O–H groups in total. The summed E-state index contributed by atoms with van der Waals surface area (Å²) in [7, 11) is 0. The minimum Gasteiger partial charge on any atom is -0.385 e. The molecule has 3 unspecified atom stereocenters. The Morgan fingerprint density at radius 2 is 2.06 bits per heavy atom. The molecule has 0 amide bonds. The van der Waals surface area contributed by atoms with Crippen molar-refractivity contribution in [3.05, 3.63) is 34.9 Å². The third kappa shape index (κ3) is 1.71. The molecule has 0 aromatic heterocycles. The van der Waals surface area contributed by atoms with Gasteiger partial charge in [-0.15, -0.1) is 0 Å². The van der Waals surface area contributed by atoms with Crippen LogP contribution in [0.2, 0.25) is 0 Å². The molecule has 2 bridgehead atoms. The van der Waals surface area contributed by atoms with E-state index in [2.05, 4.69) is 36.9 Å². The normalized spacial score (nSPS) is 36.2. The summed E-state index contributed by atoms with van der Waals surface area (Å²) >= 11 is 0. The van der Waals surface area contributed by atoms with Gasteiger partial charge in [-0.2, -0.15) is 0 Å². The fourth-order valence-corrected chi connectivity index (χ4v) is 3.35. The van der Waals surface area contributed by atoms with E-state index in [0.717, 1.165) is 38.0 Å². The average Bonchev–Trinajstić information content (AvgIpc) is 2.73. The lowest BCUT2D eigenvalue weighted by Gasteiger charge is -2.39. The molecule has 0 radical (unpaired) electrons. The van der Waals surface area contributed by atoms with Crippen molar-refractivity contribution in [3.63, 3.8) is 0 Å². The van der Waals surface area contributed by atoms with Gasteiger partial charge in [-0.3, -0.25) is 0 Å². The van der Waals surface area contributed by atoms with E-state index in [1.807, 2.05) is 0 Å². The van der Waals surface area contributed by atoms with E-state index in [9.17, 15) is 5.11 Å². The first-order chi connectivity index (χ1) is 8.09. The fraction of sp³-hybridized carbons (Fsp3) is 0.600. The number of hydrogen-bond acceptors (Lipinski definition) is 2. The highest BCUT2D eigenvalue weighted by Gasteiger charge is 2.45. The zero-order valence-electron chi connectivity index (χ0n) is 10.7. The van der Waals surface area contributed by atoms with Crippen LogP contribution in [0.1, 0.15) is 29.5 Å². The van der Waals surface area contributed by atoms with Gasteiger partial charge in [-0.05, 0) is 49.9 Å². The van der Waals surface area contributed by atoms with Crippen LogP contribution < -0.4 is 0 Å². The van der Waals surface area contributed by atoms with Crippen molar-refractivity contribution in [1.82, 2.24) is 4.90 Å². The number of hydrogen-bond donors (Lipinski definition) is 1. The first-order valence-electron chi connectivity index (χ1n) is 6.62. The summed E-state index contributed by atoms with van der Waals surface area (Å²) in [6.45, 7) is 7.54. The van der Waals surface area contributed by atoms with Gasteiger partial charge in [-0.1, -0.05) is 18.2 Å². The molecule has 2 nitrogen and oxygen atoms in total. The predicted octanol–water partition coefficient (Wildman–Crippen LogP) is 2.22. The minimum atomic E-state index is -0.578. The third-order valence-electron chi connectivity index (χ3n) is 4.76. The second-order valence-corrected chi connectivity index (χ2v) is 5.76. The van der Waals surface area contributed by atoms with E-state index in [1.165, 1.54) is 11.1 Å². The van der Waals surface area contributed by atoms with Crippen LogP contribution >= 0.6 is 0 Å². The van der Waals surface area contributed by atoms with Crippen molar-refractivity contribution in [2.24, 2.45) is 5.92 Å². The molecule has 92 valence electrons. The highest BCUT2D eigenvalue weighted by molar-refractivity contribution is 5.34. The van der Waals surface area contributed by atoms with Gasteiger partial charge in [0.05, 0.1) is 5.60 Å². The van der Waals surface area contributed by atoms with Gasteiger partial charge in [0.1, 0.15) is 0 Å². The van der Waals surface area contributed by atoms with Gasteiger partial charge in [0.2, 0.25) is 0 Å². The Morgan fingerprint density at radius 3 is 2.82 bits per heavy atom. The molecule has 17 heavy (non-hydrogen) atoms. The lowest BCUT2D eigenvalue weighted by molar-refractivity contribution is -0.0502. The summed E-state index contributed by atoms with van der Waals surface area (Å²) in [5.41, 5.74) is 3.15. The van der Waals surface area contributed by atoms with Gasteiger partial charge in [0, 0.05) is 19.0 Å². The lowest BCUT2D eigenvalue weighted by atomic mass is 9.76. The van der Waals surface area contributed by atoms with Crippen molar-refractivity contribution in [2.45, 2.75) is 32.3 Å². The van der Waals surface area contributed by atoms with E-state index in [4.69, 9.17) is 0 Å². The maximum atomic E-state index is 11.0. The lowest BCUT2D eigenvalue weighted by Crippen LogP contribution is -2.44. The largest absolute Gasteiger partial charge is 0.385 e. The van der Waals surface area contributed by atoms with Crippen LogP contribution in [0.4, 0.5) is 0 Å². The summed E-state index contributed by atoms with van der Waals surface area (Å²) < 4.78 is 0. The van der Waals surface area contributed by atoms with E-state index >= 15 is 0 Å². The first kappa shape index (κ1) is 11.2. The van der Waals surface area contributed by atoms with Crippen molar-refractivity contribution in [1.29, 1.82) is 0 Å². The molecule has 0 spiro atoms. The second-order valence-electron chi connectivity index (χ2n) is 5.76. The van der Waals surface area contributed by atoms with E-state index in [0.29, 0.717) is 5.92 Å². The Hall–Kier alpha value is -0.860. The molecule has 2 heterocycles. The van der Waals surface area contributed by atoms with Crippen LogP contribution in [-0.4, -0.2) is 29.6 Å². The third-order valence-corrected chi connectivity index (χ3v) is 4.76. The van der Waals surface area contributed by atoms with E-state index in [1.54, 1.807) is 0 Å². The molecular weight excluding hydrogens is 210 g/mol. The van der Waals surface area contributed by atoms with Crippen LogP contribution in [0.15, 0.2) is 18.2 Å². The highest BCUT2D eigenvalue weighted by atomic mass is 16.3. The summed E-state index contributed by atoms with van der Waals surface area (Å²) in [4.78, 5) is 2.47. The van der Waals surface area contributed by atoms with Crippen LogP contribution in [0.5, 0.6) is 0 Å². The smallest absolute Gasteiger partial charge is 0.0949 e. The number of aliphatic hydroxyl groups is 1. The summed E-state index contributed by atoms with van der Waals surface area (Å²) in [5, 5.41) is 11.0. The number of aryl methyl sites for hydroxylation is 2. The number of benzene rings is 1. The Bertz CT molecular complexity index is 443. The monoisotopic (exact) mass is 231 g/mol. The van der Waals surface area contributed by atoms with Crippen molar-refractivity contribution < 1.29 is 5.11 Å². The maximum absolute atomic E-state index is 11.0. The SMILES string of the molecule is Cc1ccc(C2(O)CCN3CCC2C3)cc1C. The number of nitrogens with zero attached hydrogens (tertiary/aromatic N) is 1. The van der Waals surface area contributed by atoms with Crippen molar-refractivity contribution in [3.8, 4) is 0 Å². The Kier molecular flexibility index (Phi) is 2.53. The minimum absolute atomic E-state index is 0.429. The van der Waals surface area contributed by atoms with Crippen LogP contribution in [0.3, 0.4) is 0 Å². The first-order valence-corrected chi connectivity index (χ1v) is 6.62. The molecule has 2 saturated heterocycles. The summed E-state index contributed by atoms with van der Waals surface area (Å²) in [6.07, 6.45) is 2.03. The van der Waals surface area contributed by atoms with E-state index in [-0.39, 0.29) is 0 Å². The van der Waals surface area contributed by atoms with Gasteiger partial charge < -0.3 is 10.0 Å². The molecule has 2 aliphatic heterocycles. The van der Waals surface area contributed by atoms with Gasteiger partial charge in [0.15, 0.2) is 0 Å². The second kappa shape index (κ2) is 3.82. The molecule has 0 saturated carbocycles. The number of fused-ring (bicyclic) bond motifs is 2. The zero-order chi connectivity index (χ0) is 12.0. The Balaban J connectivity index is 1.98. The summed E-state index contributed by atoms with van der Waals surface area (Å²) in [6, 6.07) is 6.45. The average molecular weight is 231 g/mol. The molecule has 2 fully saturated rings. The molecule has 0 aliphatic carbocycles. The maximum Gasteiger partial charge on any atom is 0.0949 e. The fourth-order valence-electron chi connectivity index (χ4n) is 3.35. The van der Waals surface area contributed by atoms with Gasteiger partial charge >= 0.3 is 0 Å². The summed E-state index contributed by atoms with van der Waals surface area (Å²) in [5.74, 6) is 0.429. The predicted molar refractivity (Wildman–Crippen MR) is 69.0 cm³/mol. The van der Waals surface area contributed by atoms with Crippen molar-refractivity contribution in [2.75, 3.05) is 19.6 Å². The molecule has 3 rings (SSSR count). The molecule has 3 atom stereocenters. The van der Waals surface area contributed by atoms with Crippen LogP contribution in [0, 0.1) is 19.8 Å². The van der Waals surface area contributed by atoms with Crippen LogP contribution in [0.25, 0.3) is 0 Å². The van der Waals surface area contributed by atoms with Gasteiger partial charge in [0.25, 0.3) is 0 Å². The Labute approximate surface area is 103 Å². The standard InChI is InChI=1S/C15H21NO/c1-11-3-4-13(9-12(11)2)15(17)6-8-16-7-5-14(15)10-16/h3-4,9,14,17H,5-8,10H2,1-2H3. The number of piperidine rings is 1. The zero-order valence-corrected chi connectivity index (χ0v) is 10.7. The van der Waals surface area contributed by atoms with Crippen LogP contribution in [-0.2, 0) is 5.60 Å².